The minimum atomic E-state index is 0.539. The Balaban J connectivity index is 2.96. The average molecular weight is 188 g/mol. The quantitative estimate of drug-likeness (QED) is 0.573. The van der Waals surface area contributed by atoms with Crippen LogP contribution < -0.4 is 5.73 Å². The van der Waals surface area contributed by atoms with E-state index in [1.165, 1.54) is 0 Å². The summed E-state index contributed by atoms with van der Waals surface area (Å²) >= 11 is 0. The van der Waals surface area contributed by atoms with E-state index >= 15 is 0 Å². The van der Waals surface area contributed by atoms with Crippen molar-refractivity contribution in [1.82, 2.24) is 9.97 Å². The molecule has 0 aliphatic carbocycles. The van der Waals surface area contributed by atoms with Crippen molar-refractivity contribution >= 4 is 11.4 Å². The van der Waals surface area contributed by atoms with E-state index in [9.17, 15) is 0 Å². The first-order valence-electron chi connectivity index (χ1n) is 4.11. The molecular formula is C10H12N4. The topological polar surface area (TPSA) is 64.2 Å². The maximum Gasteiger partial charge on any atom is 0.177 e. The predicted octanol–water partition coefficient (Wildman–Crippen LogP) is 1.22. The first kappa shape index (κ1) is 10.1. The van der Waals surface area contributed by atoms with Gasteiger partial charge < -0.3 is 5.73 Å². The third-order valence-corrected chi connectivity index (χ3v) is 1.53. The lowest BCUT2D eigenvalue weighted by atomic mass is 10.3. The number of hydrogen-bond acceptors (Lipinski definition) is 4. The Morgan fingerprint density at radius 3 is 2.64 bits per heavy atom. The molecule has 1 aromatic heterocycles. The zero-order valence-corrected chi connectivity index (χ0v) is 8.01. The summed E-state index contributed by atoms with van der Waals surface area (Å²) < 4.78 is 0. The molecule has 1 heterocycles. The standard InChI is InChI=1S/C10H12N4/c1-3-4-5-9(12-2)10-13-6-8(11)7-14-10/h3-7H,1,11H2,2H3/b5-4-,12-9+. The molecule has 0 atom stereocenters. The van der Waals surface area contributed by atoms with E-state index in [1.807, 2.05) is 0 Å². The Morgan fingerprint density at radius 2 is 2.14 bits per heavy atom. The van der Waals surface area contributed by atoms with Crippen LogP contribution in [-0.4, -0.2) is 22.7 Å². The van der Waals surface area contributed by atoms with Crippen LogP contribution in [0.5, 0.6) is 0 Å². The van der Waals surface area contributed by atoms with Gasteiger partial charge in [0.2, 0.25) is 0 Å². The normalized spacial score (nSPS) is 11.9. The predicted molar refractivity (Wildman–Crippen MR) is 58.2 cm³/mol. The molecule has 0 saturated heterocycles. The first-order valence-corrected chi connectivity index (χ1v) is 4.11. The lowest BCUT2D eigenvalue weighted by molar-refractivity contribution is 1.13. The van der Waals surface area contributed by atoms with Crippen molar-refractivity contribution in [3.8, 4) is 0 Å². The van der Waals surface area contributed by atoms with Gasteiger partial charge in [-0.15, -0.1) is 0 Å². The SMILES string of the molecule is C=C/C=C\C(=N/C)c1ncc(N)cn1. The molecule has 0 fully saturated rings. The largest absolute Gasteiger partial charge is 0.396 e. The number of nitrogens with two attached hydrogens (primary N) is 1. The molecule has 1 aromatic rings. The minimum Gasteiger partial charge on any atom is -0.396 e. The molecule has 0 radical (unpaired) electrons. The molecule has 0 bridgehead atoms. The van der Waals surface area contributed by atoms with Crippen LogP contribution in [0.3, 0.4) is 0 Å². The molecule has 72 valence electrons. The van der Waals surface area contributed by atoms with Crippen LogP contribution in [0.15, 0.2) is 42.2 Å². The molecule has 4 heteroatoms. The zero-order valence-electron chi connectivity index (χ0n) is 8.01. The third kappa shape index (κ3) is 2.52. The van der Waals surface area contributed by atoms with E-state index in [-0.39, 0.29) is 0 Å². The van der Waals surface area contributed by atoms with Gasteiger partial charge in [-0.05, 0) is 6.08 Å². The molecule has 0 unspecified atom stereocenters. The summed E-state index contributed by atoms with van der Waals surface area (Å²) in [4.78, 5) is 12.1. The molecule has 14 heavy (non-hydrogen) atoms. The second kappa shape index (κ2) is 4.91. The third-order valence-electron chi connectivity index (χ3n) is 1.53. The highest BCUT2D eigenvalue weighted by atomic mass is 14.9. The number of anilines is 1. The van der Waals surface area contributed by atoms with Crippen molar-refractivity contribution in [2.75, 3.05) is 12.8 Å². The number of nitrogen functional groups attached to an aromatic ring is 1. The van der Waals surface area contributed by atoms with E-state index < -0.39 is 0 Å². The smallest absolute Gasteiger partial charge is 0.177 e. The molecule has 4 nitrogen and oxygen atoms in total. The summed E-state index contributed by atoms with van der Waals surface area (Å²) in [5.74, 6) is 0.555. The van der Waals surface area contributed by atoms with E-state index in [0.29, 0.717) is 17.2 Å². The fraction of sp³-hybridized carbons (Fsp3) is 0.100. The van der Waals surface area contributed by atoms with Gasteiger partial charge >= 0.3 is 0 Å². The van der Waals surface area contributed by atoms with Gasteiger partial charge in [-0.3, -0.25) is 4.99 Å². The van der Waals surface area contributed by atoms with Crippen LogP contribution in [-0.2, 0) is 0 Å². The maximum atomic E-state index is 5.47. The van der Waals surface area contributed by atoms with Gasteiger partial charge in [0.1, 0.15) is 5.71 Å². The second-order valence-corrected chi connectivity index (χ2v) is 2.54. The first-order chi connectivity index (χ1) is 6.77. The van der Waals surface area contributed by atoms with Gasteiger partial charge in [-0.25, -0.2) is 9.97 Å². The van der Waals surface area contributed by atoms with E-state index in [4.69, 9.17) is 5.73 Å². The maximum absolute atomic E-state index is 5.47. The number of hydrogen-bond donors (Lipinski definition) is 1. The molecule has 0 aromatic carbocycles. The molecule has 0 aliphatic heterocycles. The molecule has 0 spiro atoms. The van der Waals surface area contributed by atoms with Crippen molar-refractivity contribution in [1.29, 1.82) is 0 Å². The van der Waals surface area contributed by atoms with Gasteiger partial charge in [0.15, 0.2) is 5.82 Å². The van der Waals surface area contributed by atoms with E-state index in [0.717, 1.165) is 0 Å². The molecule has 1 rings (SSSR count). The summed E-state index contributed by atoms with van der Waals surface area (Å²) in [5.41, 5.74) is 6.71. The number of rotatable bonds is 3. The van der Waals surface area contributed by atoms with Crippen LogP contribution in [0.2, 0.25) is 0 Å². The Morgan fingerprint density at radius 1 is 1.50 bits per heavy atom. The molecule has 0 amide bonds. The van der Waals surface area contributed by atoms with Crippen molar-refractivity contribution in [2.45, 2.75) is 0 Å². The molecular weight excluding hydrogens is 176 g/mol. The van der Waals surface area contributed by atoms with Crippen LogP contribution in [0.25, 0.3) is 0 Å². The van der Waals surface area contributed by atoms with Crippen molar-refractivity contribution in [3.05, 3.63) is 43.0 Å². The monoisotopic (exact) mass is 188 g/mol. The van der Waals surface area contributed by atoms with Crippen LogP contribution in [0.1, 0.15) is 5.82 Å². The summed E-state index contributed by atoms with van der Waals surface area (Å²) in [6.45, 7) is 3.57. The van der Waals surface area contributed by atoms with Gasteiger partial charge in [0, 0.05) is 7.05 Å². The number of nitrogens with zero attached hydrogens (tertiary/aromatic N) is 3. The average Bonchev–Trinajstić information content (AvgIpc) is 2.21. The lowest BCUT2D eigenvalue weighted by Gasteiger charge is -1.98. The lowest BCUT2D eigenvalue weighted by Crippen LogP contribution is -2.04. The van der Waals surface area contributed by atoms with Gasteiger partial charge in [-0.1, -0.05) is 18.7 Å². The zero-order chi connectivity index (χ0) is 10.4. The Bertz CT molecular complexity index is 362. The summed E-state index contributed by atoms with van der Waals surface area (Å²) in [7, 11) is 1.68. The summed E-state index contributed by atoms with van der Waals surface area (Å²) in [5, 5.41) is 0. The Hall–Kier alpha value is -1.97. The highest BCUT2D eigenvalue weighted by Gasteiger charge is 2.00. The fourth-order valence-corrected chi connectivity index (χ4v) is 0.879. The minimum absolute atomic E-state index is 0.539. The number of aliphatic imine (C=N–C) groups is 1. The fourth-order valence-electron chi connectivity index (χ4n) is 0.879. The molecule has 0 aliphatic rings. The van der Waals surface area contributed by atoms with Gasteiger partial charge in [-0.2, -0.15) is 0 Å². The van der Waals surface area contributed by atoms with E-state index in [2.05, 4.69) is 21.5 Å². The summed E-state index contributed by atoms with van der Waals surface area (Å²) in [6.07, 6.45) is 8.34. The highest BCUT2D eigenvalue weighted by molar-refractivity contribution is 6.06. The van der Waals surface area contributed by atoms with Crippen LogP contribution >= 0.6 is 0 Å². The number of aromatic nitrogens is 2. The Kier molecular flexibility index (Phi) is 3.55. The summed E-state index contributed by atoms with van der Waals surface area (Å²) in [6, 6.07) is 0. The number of allylic oxidation sites excluding steroid dienone is 3. The van der Waals surface area contributed by atoms with Gasteiger partial charge in [0.05, 0.1) is 18.1 Å². The van der Waals surface area contributed by atoms with Crippen molar-refractivity contribution in [2.24, 2.45) is 4.99 Å². The van der Waals surface area contributed by atoms with Crippen molar-refractivity contribution < 1.29 is 0 Å². The Labute approximate surface area is 82.9 Å². The molecule has 2 N–H and O–H groups in total. The highest BCUT2D eigenvalue weighted by Crippen LogP contribution is 1.99. The van der Waals surface area contributed by atoms with Crippen LogP contribution in [0.4, 0.5) is 5.69 Å². The van der Waals surface area contributed by atoms with Crippen molar-refractivity contribution in [3.63, 3.8) is 0 Å². The van der Waals surface area contributed by atoms with Crippen LogP contribution in [0, 0.1) is 0 Å². The second-order valence-electron chi connectivity index (χ2n) is 2.54. The molecule has 0 saturated carbocycles. The van der Waals surface area contributed by atoms with E-state index in [1.54, 1.807) is 37.7 Å². The van der Waals surface area contributed by atoms with Gasteiger partial charge in [0.25, 0.3) is 0 Å².